The molecule has 3 aromatic rings. The molecule has 0 bridgehead atoms. The highest BCUT2D eigenvalue weighted by molar-refractivity contribution is 7.17. The van der Waals surface area contributed by atoms with Gasteiger partial charge in [-0.25, -0.2) is 9.97 Å². The summed E-state index contributed by atoms with van der Waals surface area (Å²) in [6, 6.07) is 9.71. The first kappa shape index (κ1) is 17.8. The fraction of sp³-hybridized carbons (Fsp3) is 0.400. The van der Waals surface area contributed by atoms with Gasteiger partial charge in [-0.3, -0.25) is 0 Å². The first-order valence-corrected chi connectivity index (χ1v) is 9.83. The molecule has 0 N–H and O–H groups in total. The third-order valence-corrected chi connectivity index (χ3v) is 5.19. The maximum Gasteiger partial charge on any atom is 0.240 e. The second-order valence-corrected chi connectivity index (χ2v) is 6.57. The van der Waals surface area contributed by atoms with Gasteiger partial charge in [0, 0.05) is 5.56 Å². The van der Waals surface area contributed by atoms with Crippen LogP contribution in [0.15, 0.2) is 42.0 Å². The molecule has 5 heteroatoms. The third kappa shape index (κ3) is 3.83. The van der Waals surface area contributed by atoms with Crippen molar-refractivity contribution in [3.8, 4) is 11.6 Å². The monoisotopic (exact) mass is 356 g/mol. The largest absolute Gasteiger partial charge is 0.437 e. The summed E-state index contributed by atoms with van der Waals surface area (Å²) in [5.74, 6) is 1.40. The van der Waals surface area contributed by atoms with Crippen molar-refractivity contribution in [3.05, 3.63) is 47.6 Å². The van der Waals surface area contributed by atoms with Crippen LogP contribution in [-0.4, -0.2) is 16.1 Å². The Balaban J connectivity index is 0.000000880. The van der Waals surface area contributed by atoms with Crippen molar-refractivity contribution in [3.63, 3.8) is 0 Å². The number of hydrogen-bond donors (Lipinski definition) is 0. The first-order valence-electron chi connectivity index (χ1n) is 8.95. The Hall–Kier alpha value is -1.98. The fourth-order valence-corrected chi connectivity index (χ4v) is 3.97. The second kappa shape index (κ2) is 8.41. The lowest BCUT2D eigenvalue weighted by Crippen LogP contribution is -2.04. The van der Waals surface area contributed by atoms with E-state index in [9.17, 15) is 0 Å². The lowest BCUT2D eigenvalue weighted by atomic mass is 10.1. The molecule has 1 aliphatic heterocycles. The minimum absolute atomic E-state index is 0.146. The molecule has 0 radical (unpaired) electrons. The Kier molecular flexibility index (Phi) is 6.00. The molecular weight excluding hydrogens is 332 g/mol. The number of fused-ring (bicyclic) bond motifs is 1. The van der Waals surface area contributed by atoms with Crippen LogP contribution < -0.4 is 4.74 Å². The van der Waals surface area contributed by atoms with Gasteiger partial charge in [-0.05, 0) is 36.8 Å². The molecule has 0 aliphatic carbocycles. The van der Waals surface area contributed by atoms with E-state index in [0.29, 0.717) is 12.0 Å². The van der Waals surface area contributed by atoms with Crippen molar-refractivity contribution in [2.24, 2.45) is 0 Å². The van der Waals surface area contributed by atoms with Gasteiger partial charge in [0.2, 0.25) is 5.88 Å². The standard InChI is InChI=1S/C18H18N2O2S.C2H6/c1-2-12-8-9-15(21-12)14-10-23-17-16(14)19-11-20-18(17)22-13-6-4-3-5-7-13;1-2/h3-7,10-12,15H,2,8-9H2,1H3;1-2H3. The fourth-order valence-electron chi connectivity index (χ4n) is 2.98. The van der Waals surface area contributed by atoms with Crippen LogP contribution >= 0.6 is 11.3 Å². The van der Waals surface area contributed by atoms with Gasteiger partial charge in [-0.2, -0.15) is 0 Å². The highest BCUT2D eigenvalue weighted by Gasteiger charge is 2.28. The topological polar surface area (TPSA) is 44.2 Å². The molecule has 4 rings (SSSR count). The normalized spacial score (nSPS) is 19.5. The van der Waals surface area contributed by atoms with E-state index >= 15 is 0 Å². The highest BCUT2D eigenvalue weighted by Crippen LogP contribution is 2.41. The highest BCUT2D eigenvalue weighted by atomic mass is 32.1. The third-order valence-electron chi connectivity index (χ3n) is 4.22. The smallest absolute Gasteiger partial charge is 0.240 e. The second-order valence-electron chi connectivity index (χ2n) is 5.70. The van der Waals surface area contributed by atoms with E-state index < -0.39 is 0 Å². The summed E-state index contributed by atoms with van der Waals surface area (Å²) in [5.41, 5.74) is 2.12. The average Bonchev–Trinajstić information content (AvgIpc) is 3.31. The Bertz CT molecular complexity index is 804. The molecule has 1 saturated heterocycles. The van der Waals surface area contributed by atoms with Gasteiger partial charge in [-0.15, -0.1) is 11.3 Å². The number of thiophene rings is 1. The quantitative estimate of drug-likeness (QED) is 0.563. The molecule has 2 atom stereocenters. The van der Waals surface area contributed by atoms with E-state index in [1.54, 1.807) is 17.7 Å². The first-order chi connectivity index (χ1) is 12.3. The molecule has 2 unspecified atom stereocenters. The lowest BCUT2D eigenvalue weighted by Gasteiger charge is -2.11. The van der Waals surface area contributed by atoms with E-state index in [1.165, 1.54) is 5.56 Å². The van der Waals surface area contributed by atoms with E-state index in [0.717, 1.165) is 35.2 Å². The van der Waals surface area contributed by atoms with Crippen LogP contribution in [0.25, 0.3) is 10.2 Å². The lowest BCUT2D eigenvalue weighted by molar-refractivity contribution is 0.0437. The van der Waals surface area contributed by atoms with Gasteiger partial charge in [0.1, 0.15) is 16.8 Å². The molecule has 1 aromatic carbocycles. The SMILES string of the molecule is CC.CCC1CCC(c2csc3c(Oc4ccccc4)ncnc23)O1. The molecule has 132 valence electrons. The van der Waals surface area contributed by atoms with Gasteiger partial charge < -0.3 is 9.47 Å². The van der Waals surface area contributed by atoms with Crippen molar-refractivity contribution < 1.29 is 9.47 Å². The summed E-state index contributed by atoms with van der Waals surface area (Å²) in [6.45, 7) is 6.17. The Morgan fingerprint density at radius 1 is 1.16 bits per heavy atom. The van der Waals surface area contributed by atoms with Crippen molar-refractivity contribution in [2.45, 2.75) is 52.2 Å². The predicted molar refractivity (Wildman–Crippen MR) is 102 cm³/mol. The number of aromatic nitrogens is 2. The summed E-state index contributed by atoms with van der Waals surface area (Å²) >= 11 is 1.63. The molecule has 1 fully saturated rings. The van der Waals surface area contributed by atoms with Gasteiger partial charge >= 0.3 is 0 Å². The number of hydrogen-bond acceptors (Lipinski definition) is 5. The zero-order valence-electron chi connectivity index (χ0n) is 14.9. The van der Waals surface area contributed by atoms with E-state index in [4.69, 9.17) is 9.47 Å². The maximum atomic E-state index is 6.13. The van der Waals surface area contributed by atoms with Crippen LogP contribution in [0.2, 0.25) is 0 Å². The minimum Gasteiger partial charge on any atom is -0.437 e. The summed E-state index contributed by atoms with van der Waals surface area (Å²) in [7, 11) is 0. The van der Waals surface area contributed by atoms with Crippen molar-refractivity contribution in [1.82, 2.24) is 9.97 Å². The molecule has 25 heavy (non-hydrogen) atoms. The Morgan fingerprint density at radius 2 is 1.96 bits per heavy atom. The van der Waals surface area contributed by atoms with Crippen LogP contribution in [0, 0.1) is 0 Å². The van der Waals surface area contributed by atoms with Gasteiger partial charge in [-0.1, -0.05) is 39.0 Å². The Morgan fingerprint density at radius 3 is 2.68 bits per heavy atom. The number of ether oxygens (including phenoxy) is 2. The van der Waals surface area contributed by atoms with Crippen LogP contribution in [0.4, 0.5) is 0 Å². The average molecular weight is 356 g/mol. The Labute approximate surface area is 152 Å². The number of benzene rings is 1. The molecule has 0 spiro atoms. The maximum absolute atomic E-state index is 6.13. The van der Waals surface area contributed by atoms with E-state index in [1.807, 2.05) is 44.2 Å². The van der Waals surface area contributed by atoms with Crippen LogP contribution in [0.3, 0.4) is 0 Å². The van der Waals surface area contributed by atoms with Crippen LogP contribution in [0.5, 0.6) is 11.6 Å². The molecule has 1 aliphatic rings. The summed E-state index contributed by atoms with van der Waals surface area (Å²) < 4.78 is 13.0. The summed E-state index contributed by atoms with van der Waals surface area (Å²) in [4.78, 5) is 8.79. The van der Waals surface area contributed by atoms with Gasteiger partial charge in [0.05, 0.1) is 17.7 Å². The summed E-state index contributed by atoms with van der Waals surface area (Å²) in [6.07, 6.45) is 5.34. The summed E-state index contributed by atoms with van der Waals surface area (Å²) in [5, 5.41) is 2.14. The van der Waals surface area contributed by atoms with E-state index in [-0.39, 0.29) is 6.10 Å². The number of rotatable bonds is 4. The van der Waals surface area contributed by atoms with Gasteiger partial charge in [0.15, 0.2) is 0 Å². The minimum atomic E-state index is 0.146. The number of para-hydroxylation sites is 1. The van der Waals surface area contributed by atoms with Crippen molar-refractivity contribution in [2.75, 3.05) is 0 Å². The van der Waals surface area contributed by atoms with Crippen LogP contribution in [0.1, 0.15) is 51.7 Å². The number of nitrogens with zero attached hydrogens (tertiary/aromatic N) is 2. The molecule has 2 aromatic heterocycles. The molecular formula is C20H24N2O2S. The van der Waals surface area contributed by atoms with Crippen molar-refractivity contribution >= 4 is 21.6 Å². The predicted octanol–water partition coefficient (Wildman–Crippen LogP) is 6.14. The zero-order valence-corrected chi connectivity index (χ0v) is 15.8. The molecule has 0 saturated carbocycles. The zero-order chi connectivity index (χ0) is 17.6. The van der Waals surface area contributed by atoms with Crippen molar-refractivity contribution in [1.29, 1.82) is 0 Å². The molecule has 0 amide bonds. The van der Waals surface area contributed by atoms with Crippen LogP contribution in [-0.2, 0) is 4.74 Å². The molecule has 4 nitrogen and oxygen atoms in total. The molecule has 3 heterocycles. The van der Waals surface area contributed by atoms with E-state index in [2.05, 4.69) is 22.3 Å². The van der Waals surface area contributed by atoms with Gasteiger partial charge in [0.25, 0.3) is 0 Å².